The Morgan fingerprint density at radius 1 is 1.25 bits per heavy atom. The monoisotopic (exact) mass is 511 g/mol. The molecule has 2 aromatic rings. The fraction of sp³-hybridized carbons (Fsp3) is 0.500. The molecule has 1 fully saturated rings. The molecule has 1 saturated heterocycles. The van der Waals surface area contributed by atoms with Crippen LogP contribution in [0.2, 0.25) is 0 Å². The number of aliphatic hydroxyl groups is 1. The van der Waals surface area contributed by atoms with E-state index < -0.39 is 6.10 Å². The molecule has 2 heterocycles. The molecule has 36 heavy (non-hydrogen) atoms. The number of ether oxygens (including phenoxy) is 1. The van der Waals surface area contributed by atoms with E-state index in [1.54, 1.807) is 6.92 Å². The third-order valence-corrected chi connectivity index (χ3v) is 8.52. The van der Waals surface area contributed by atoms with Crippen LogP contribution < -0.4 is 10.5 Å². The highest BCUT2D eigenvalue weighted by atomic mass is 32.2. The van der Waals surface area contributed by atoms with E-state index in [0.29, 0.717) is 6.61 Å². The second kappa shape index (κ2) is 10.4. The highest BCUT2D eigenvalue weighted by molar-refractivity contribution is 8.13. The molecule has 4 N–H and O–H groups in total. The van der Waals surface area contributed by atoms with Gasteiger partial charge in [0.05, 0.1) is 38.7 Å². The fourth-order valence-electron chi connectivity index (χ4n) is 5.85. The van der Waals surface area contributed by atoms with E-state index in [1.165, 1.54) is 22.7 Å². The number of aliphatic hydroxyl groups excluding tert-OH is 1. The van der Waals surface area contributed by atoms with Crippen LogP contribution in [0.3, 0.4) is 0 Å². The van der Waals surface area contributed by atoms with Crippen LogP contribution in [0, 0.1) is 17.2 Å². The Kier molecular flexibility index (Phi) is 7.69. The molecule has 0 aromatic heterocycles. The summed E-state index contributed by atoms with van der Waals surface area (Å²) in [4.78, 5) is 14.4. The molecule has 0 bridgehead atoms. The molecule has 2 aromatic carbocycles. The minimum absolute atomic E-state index is 0.0183. The Balaban J connectivity index is 1.48. The zero-order valence-electron chi connectivity index (χ0n) is 22.0. The lowest BCUT2D eigenvalue weighted by Gasteiger charge is -2.46. The molecule has 194 valence electrons. The number of nitrogens with one attached hydrogen (secondary N) is 1. The number of amides is 1. The van der Waals surface area contributed by atoms with E-state index in [4.69, 9.17) is 15.9 Å². The normalized spacial score (nSPS) is 22.6. The highest BCUT2D eigenvalue weighted by Gasteiger charge is 2.57. The quantitative estimate of drug-likeness (QED) is 0.148. The number of nitrogens with zero attached hydrogens (tertiary/aromatic N) is 2. The summed E-state index contributed by atoms with van der Waals surface area (Å²) in [7, 11) is 4.47. The third-order valence-electron chi connectivity index (χ3n) is 7.72. The minimum Gasteiger partial charge on any atom is -0.489 e. The summed E-state index contributed by atoms with van der Waals surface area (Å²) in [6.45, 7) is 8.15. The number of fused-ring (bicyclic) bond motifs is 2. The molecular weight excluding hydrogens is 472 g/mol. The zero-order chi connectivity index (χ0) is 26.2. The van der Waals surface area contributed by atoms with Crippen LogP contribution >= 0.6 is 11.8 Å². The highest BCUT2D eigenvalue weighted by Crippen LogP contribution is 2.47. The van der Waals surface area contributed by atoms with Crippen LogP contribution in [-0.4, -0.2) is 70.7 Å². The summed E-state index contributed by atoms with van der Waals surface area (Å²) in [6.07, 6.45) is 0.362. The number of benzene rings is 2. The first-order valence-corrected chi connectivity index (χ1v) is 13.6. The van der Waals surface area contributed by atoms with Crippen molar-refractivity contribution in [2.75, 3.05) is 33.0 Å². The summed E-state index contributed by atoms with van der Waals surface area (Å²) in [6, 6.07) is 12.6. The molecule has 2 aliphatic rings. The number of hydrogen-bond donors (Lipinski definition) is 3. The van der Waals surface area contributed by atoms with Gasteiger partial charge in [0.15, 0.2) is 5.17 Å². The van der Waals surface area contributed by atoms with E-state index in [1.807, 2.05) is 24.0 Å². The van der Waals surface area contributed by atoms with Crippen molar-refractivity contribution in [3.05, 3.63) is 53.2 Å². The number of amidine groups is 1. The molecule has 0 radical (unpaired) electrons. The van der Waals surface area contributed by atoms with E-state index in [9.17, 15) is 9.90 Å². The van der Waals surface area contributed by atoms with E-state index in [0.717, 1.165) is 52.2 Å². The number of carbonyl (C=O) groups is 1. The number of thioether (sulfide) groups is 1. The second-order valence-corrected chi connectivity index (χ2v) is 11.9. The van der Waals surface area contributed by atoms with Gasteiger partial charge in [0, 0.05) is 34.7 Å². The van der Waals surface area contributed by atoms with Crippen LogP contribution in [-0.2, 0) is 11.3 Å². The maximum atomic E-state index is 12.6. The van der Waals surface area contributed by atoms with Crippen molar-refractivity contribution in [2.45, 2.75) is 45.9 Å². The number of rotatable bonds is 10. The van der Waals surface area contributed by atoms with Crippen LogP contribution in [0.25, 0.3) is 10.8 Å². The Labute approximate surface area is 218 Å². The van der Waals surface area contributed by atoms with E-state index in [-0.39, 0.29) is 29.0 Å². The minimum atomic E-state index is -0.638. The smallest absolute Gasteiger partial charge is 0.234 e. The summed E-state index contributed by atoms with van der Waals surface area (Å²) in [5.41, 5.74) is 8.84. The predicted octanol–water partition coefficient (Wildman–Crippen LogP) is 3.94. The number of nitrogens with two attached hydrogens (primary N) is 1. The second-order valence-electron chi connectivity index (χ2n) is 10.8. The Bertz CT molecular complexity index is 1190. The molecule has 4 atom stereocenters. The molecule has 7 nitrogen and oxygen atoms in total. The van der Waals surface area contributed by atoms with Crippen molar-refractivity contribution in [3.8, 4) is 5.75 Å². The van der Waals surface area contributed by atoms with Crippen LogP contribution in [0.4, 0.5) is 0 Å². The number of hydrogen-bond acceptors (Lipinski definition) is 5. The molecule has 0 aliphatic carbocycles. The van der Waals surface area contributed by atoms with Gasteiger partial charge in [0.2, 0.25) is 5.91 Å². The standard InChI is InChI=1S/C28H39N4O3S/c1-17-23(18(2)31-26(17)25(19(3)33)27(31)34)16-35-24-12-7-10-21-20(9-6-11-22(21)24)15-32(4,5)13-8-14-36-28(29)30/h6-7,9-12,17,19,25-26,33H,8,13-16H2,1-5H3,(H3,29,30)/q+1/t17-,19+,25+,26+/m0/s1. The van der Waals surface area contributed by atoms with Gasteiger partial charge in [-0.3, -0.25) is 10.2 Å². The maximum Gasteiger partial charge on any atom is 0.234 e. The molecule has 0 saturated carbocycles. The third kappa shape index (κ3) is 5.12. The average molecular weight is 512 g/mol. The van der Waals surface area contributed by atoms with Gasteiger partial charge in [-0.25, -0.2) is 0 Å². The average Bonchev–Trinajstić information content (AvgIpc) is 3.00. The van der Waals surface area contributed by atoms with Crippen LogP contribution in [0.15, 0.2) is 47.7 Å². The lowest BCUT2D eigenvalue weighted by molar-refractivity contribution is -0.903. The van der Waals surface area contributed by atoms with Gasteiger partial charge in [-0.1, -0.05) is 49.0 Å². The maximum absolute atomic E-state index is 12.6. The van der Waals surface area contributed by atoms with Crippen molar-refractivity contribution in [3.63, 3.8) is 0 Å². The fourth-order valence-corrected chi connectivity index (χ4v) is 6.35. The SMILES string of the molecule is CC1=C(COc2cccc3c(C[N+](C)(C)CCCSC(=N)N)cccc23)[C@H](C)[C@@H]2[C@@H]([C@@H](C)O)C(=O)N12. The van der Waals surface area contributed by atoms with Gasteiger partial charge >= 0.3 is 0 Å². The summed E-state index contributed by atoms with van der Waals surface area (Å²) < 4.78 is 7.24. The number of carbonyl (C=O) groups excluding carboxylic acids is 1. The van der Waals surface area contributed by atoms with E-state index >= 15 is 0 Å². The van der Waals surface area contributed by atoms with Crippen molar-refractivity contribution in [1.82, 2.24) is 4.90 Å². The Morgan fingerprint density at radius 3 is 2.64 bits per heavy atom. The van der Waals surface area contributed by atoms with Gasteiger partial charge in [0.25, 0.3) is 0 Å². The largest absolute Gasteiger partial charge is 0.489 e. The molecule has 1 amide bonds. The van der Waals surface area contributed by atoms with Crippen LogP contribution in [0.5, 0.6) is 5.75 Å². The van der Waals surface area contributed by atoms with Crippen molar-refractivity contribution < 1.29 is 19.1 Å². The lowest BCUT2D eigenvalue weighted by atomic mass is 9.78. The summed E-state index contributed by atoms with van der Waals surface area (Å²) >= 11 is 1.40. The zero-order valence-corrected chi connectivity index (χ0v) is 22.8. The molecule has 2 aliphatic heterocycles. The number of β-lactam (4-membered cyclic amide) rings is 1. The van der Waals surface area contributed by atoms with Crippen LogP contribution in [0.1, 0.15) is 32.8 Å². The lowest BCUT2D eigenvalue weighted by Crippen LogP contribution is -2.62. The number of quaternary nitrogens is 1. The Morgan fingerprint density at radius 2 is 1.94 bits per heavy atom. The molecular formula is C28H39N4O3S+. The topological polar surface area (TPSA) is 99.6 Å². The first-order valence-electron chi connectivity index (χ1n) is 12.6. The molecule has 4 rings (SSSR count). The predicted molar refractivity (Wildman–Crippen MR) is 147 cm³/mol. The van der Waals surface area contributed by atoms with Gasteiger partial charge in [0.1, 0.15) is 18.9 Å². The molecule has 8 heteroatoms. The first-order chi connectivity index (χ1) is 17.0. The molecule has 0 spiro atoms. The van der Waals surface area contributed by atoms with Gasteiger partial charge in [-0.15, -0.1) is 0 Å². The van der Waals surface area contributed by atoms with Gasteiger partial charge in [-0.05, 0) is 30.9 Å². The van der Waals surface area contributed by atoms with Gasteiger partial charge in [-0.2, -0.15) is 0 Å². The molecule has 0 unspecified atom stereocenters. The van der Waals surface area contributed by atoms with Crippen molar-refractivity contribution in [1.29, 1.82) is 5.41 Å². The van der Waals surface area contributed by atoms with Crippen molar-refractivity contribution >= 4 is 33.6 Å². The van der Waals surface area contributed by atoms with E-state index in [2.05, 4.69) is 45.3 Å². The summed E-state index contributed by atoms with van der Waals surface area (Å²) in [5.74, 6) is 1.56. The number of allylic oxidation sites excluding steroid dienone is 1. The van der Waals surface area contributed by atoms with Gasteiger partial charge < -0.3 is 25.0 Å². The Hall–Kier alpha value is -2.55. The first kappa shape index (κ1) is 26.5. The summed E-state index contributed by atoms with van der Waals surface area (Å²) in [5, 5.41) is 19.9. The van der Waals surface area contributed by atoms with Crippen molar-refractivity contribution in [2.24, 2.45) is 17.6 Å².